The SMILES string of the molecule is COCCNc1cc(NCCN2CCC(c3c(C(=O)N(C)C)sc4nccnc34)CC2)ncn1. The van der Waals surface area contributed by atoms with Gasteiger partial charge in [-0.2, -0.15) is 0 Å². The topological polar surface area (TPSA) is 108 Å². The number of hydrogen-bond acceptors (Lipinski definition) is 10. The Morgan fingerprint density at radius 3 is 2.53 bits per heavy atom. The summed E-state index contributed by atoms with van der Waals surface area (Å²) in [5.74, 6) is 1.94. The van der Waals surface area contributed by atoms with Gasteiger partial charge in [0.15, 0.2) is 0 Å². The number of methoxy groups -OCH3 is 1. The van der Waals surface area contributed by atoms with Crippen LogP contribution in [-0.2, 0) is 4.74 Å². The number of nitrogens with one attached hydrogen (secondary N) is 2. The second-order valence-corrected chi connectivity index (χ2v) is 9.50. The molecule has 1 aliphatic rings. The molecule has 2 N–H and O–H groups in total. The van der Waals surface area contributed by atoms with Gasteiger partial charge in [-0.3, -0.25) is 9.78 Å². The normalized spacial score (nSPS) is 14.9. The van der Waals surface area contributed by atoms with Crippen molar-refractivity contribution in [3.05, 3.63) is 35.2 Å². The number of aromatic nitrogens is 4. The van der Waals surface area contributed by atoms with E-state index in [4.69, 9.17) is 4.74 Å². The van der Waals surface area contributed by atoms with Crippen LogP contribution in [0.3, 0.4) is 0 Å². The van der Waals surface area contributed by atoms with E-state index in [0.717, 1.165) is 71.4 Å². The minimum Gasteiger partial charge on any atom is -0.383 e. The zero-order chi connectivity index (χ0) is 23.9. The van der Waals surface area contributed by atoms with E-state index in [1.807, 2.05) is 6.07 Å². The highest BCUT2D eigenvalue weighted by Gasteiger charge is 2.29. The molecule has 11 heteroatoms. The molecule has 0 saturated carbocycles. The predicted octanol–water partition coefficient (Wildman–Crippen LogP) is 2.53. The summed E-state index contributed by atoms with van der Waals surface area (Å²) in [6, 6.07) is 1.91. The van der Waals surface area contributed by atoms with E-state index in [2.05, 4.69) is 35.5 Å². The van der Waals surface area contributed by atoms with Crippen molar-refractivity contribution in [2.75, 3.05) is 71.2 Å². The Bertz CT molecular complexity index is 1100. The number of nitrogens with zero attached hydrogens (tertiary/aromatic N) is 6. The number of piperidine rings is 1. The summed E-state index contributed by atoms with van der Waals surface area (Å²) < 4.78 is 5.05. The van der Waals surface area contributed by atoms with Crippen LogP contribution in [0.25, 0.3) is 10.3 Å². The maximum absolute atomic E-state index is 12.9. The Balaban J connectivity index is 1.32. The van der Waals surface area contributed by atoms with E-state index in [1.54, 1.807) is 44.8 Å². The second-order valence-electron chi connectivity index (χ2n) is 8.51. The number of likely N-dealkylation sites (tertiary alicyclic amines) is 1. The number of amides is 1. The lowest BCUT2D eigenvalue weighted by Gasteiger charge is -2.32. The molecule has 1 fully saturated rings. The van der Waals surface area contributed by atoms with E-state index in [-0.39, 0.29) is 5.91 Å². The van der Waals surface area contributed by atoms with E-state index in [9.17, 15) is 4.79 Å². The lowest BCUT2D eigenvalue weighted by molar-refractivity contribution is 0.0830. The highest BCUT2D eigenvalue weighted by molar-refractivity contribution is 7.20. The quantitative estimate of drug-likeness (QED) is 0.420. The van der Waals surface area contributed by atoms with E-state index in [0.29, 0.717) is 19.1 Å². The van der Waals surface area contributed by atoms with Gasteiger partial charge >= 0.3 is 0 Å². The van der Waals surface area contributed by atoms with Crippen LogP contribution in [0.5, 0.6) is 0 Å². The molecule has 0 unspecified atom stereocenters. The molecule has 10 nitrogen and oxygen atoms in total. The van der Waals surface area contributed by atoms with Gasteiger partial charge in [0.1, 0.15) is 28.3 Å². The van der Waals surface area contributed by atoms with Crippen molar-refractivity contribution in [3.63, 3.8) is 0 Å². The summed E-state index contributed by atoms with van der Waals surface area (Å²) in [6.45, 7) is 5.02. The fourth-order valence-corrected chi connectivity index (χ4v) is 5.41. The number of thiophene rings is 1. The standard InChI is InChI=1S/C23H32N8O2S/c1-30(2)23(32)21-19(20-22(34-21)27-7-6-26-20)16-4-10-31(11-5-16)12-8-24-17-14-18(29-15-28-17)25-9-13-33-3/h6-7,14-16H,4-5,8-13H2,1-3H3,(H2,24,25,28,29). The van der Waals surface area contributed by atoms with Crippen molar-refractivity contribution in [1.29, 1.82) is 0 Å². The van der Waals surface area contributed by atoms with E-state index < -0.39 is 0 Å². The van der Waals surface area contributed by atoms with Crippen LogP contribution >= 0.6 is 11.3 Å². The largest absolute Gasteiger partial charge is 0.383 e. The molecule has 0 bridgehead atoms. The Hall–Kier alpha value is -2.89. The second kappa shape index (κ2) is 11.5. The fourth-order valence-electron chi connectivity index (χ4n) is 4.20. The van der Waals surface area contributed by atoms with Crippen LogP contribution < -0.4 is 10.6 Å². The summed E-state index contributed by atoms with van der Waals surface area (Å²) in [5.41, 5.74) is 1.97. The molecule has 4 heterocycles. The lowest BCUT2D eigenvalue weighted by atomic mass is 9.88. The van der Waals surface area contributed by atoms with Crippen molar-refractivity contribution < 1.29 is 9.53 Å². The van der Waals surface area contributed by atoms with Crippen LogP contribution in [0.1, 0.15) is 34.0 Å². The minimum atomic E-state index is 0.0346. The summed E-state index contributed by atoms with van der Waals surface area (Å²) >= 11 is 1.46. The first kappa shape index (κ1) is 24.2. The Kier molecular flexibility index (Phi) is 8.20. The molecule has 34 heavy (non-hydrogen) atoms. The molecule has 0 spiro atoms. The van der Waals surface area contributed by atoms with Gasteiger partial charge < -0.3 is 25.2 Å². The molecule has 4 rings (SSSR count). The average molecular weight is 485 g/mol. The van der Waals surface area contributed by atoms with Crippen molar-refractivity contribution >= 4 is 39.2 Å². The summed E-state index contributed by atoms with van der Waals surface area (Å²) in [7, 11) is 5.27. The van der Waals surface area contributed by atoms with Crippen molar-refractivity contribution in [3.8, 4) is 0 Å². The summed E-state index contributed by atoms with van der Waals surface area (Å²) in [5, 5.41) is 6.61. The molecule has 0 aromatic carbocycles. The van der Waals surface area contributed by atoms with Crippen molar-refractivity contribution in [2.24, 2.45) is 0 Å². The molecule has 0 radical (unpaired) electrons. The van der Waals surface area contributed by atoms with Gasteiger partial charge in [0.25, 0.3) is 5.91 Å². The number of hydrogen-bond donors (Lipinski definition) is 2. The Labute approximate surface area is 203 Å². The third-order valence-corrected chi connectivity index (χ3v) is 7.06. The number of carbonyl (C=O) groups excluding carboxylic acids is 1. The van der Waals surface area contributed by atoms with Gasteiger partial charge in [-0.05, 0) is 31.8 Å². The monoisotopic (exact) mass is 484 g/mol. The maximum Gasteiger partial charge on any atom is 0.263 e. The smallest absolute Gasteiger partial charge is 0.263 e. The predicted molar refractivity (Wildman–Crippen MR) is 135 cm³/mol. The van der Waals surface area contributed by atoms with E-state index >= 15 is 0 Å². The average Bonchev–Trinajstić information content (AvgIpc) is 3.24. The Morgan fingerprint density at radius 1 is 1.12 bits per heavy atom. The molecular formula is C23H32N8O2S. The van der Waals surface area contributed by atoms with Crippen molar-refractivity contribution in [2.45, 2.75) is 18.8 Å². The molecule has 1 saturated heterocycles. The van der Waals surface area contributed by atoms with Crippen LogP contribution in [0.4, 0.5) is 11.6 Å². The van der Waals surface area contributed by atoms with Crippen molar-refractivity contribution in [1.82, 2.24) is 29.7 Å². The summed E-state index contributed by atoms with van der Waals surface area (Å²) in [6.07, 6.45) is 6.96. The molecular weight excluding hydrogens is 452 g/mol. The maximum atomic E-state index is 12.9. The van der Waals surface area contributed by atoms with Crippen LogP contribution in [-0.4, -0.2) is 96.2 Å². The van der Waals surface area contributed by atoms with Gasteiger partial charge in [-0.25, -0.2) is 15.0 Å². The number of fused-ring (bicyclic) bond motifs is 1. The van der Waals surface area contributed by atoms with Gasteiger partial charge in [0, 0.05) is 64.9 Å². The first-order chi connectivity index (χ1) is 16.6. The van der Waals surface area contributed by atoms with Crippen LogP contribution in [0.2, 0.25) is 0 Å². The highest BCUT2D eigenvalue weighted by Crippen LogP contribution is 2.39. The first-order valence-corrected chi connectivity index (χ1v) is 12.3. The van der Waals surface area contributed by atoms with Gasteiger partial charge in [0.05, 0.1) is 11.5 Å². The third-order valence-electron chi connectivity index (χ3n) is 5.97. The van der Waals surface area contributed by atoms with Gasteiger partial charge in [0.2, 0.25) is 0 Å². The zero-order valence-corrected chi connectivity index (χ0v) is 20.8. The lowest BCUT2D eigenvalue weighted by Crippen LogP contribution is -2.36. The number of anilines is 2. The zero-order valence-electron chi connectivity index (χ0n) is 20.0. The number of rotatable bonds is 10. The number of carbonyl (C=O) groups is 1. The molecule has 3 aromatic heterocycles. The Morgan fingerprint density at radius 2 is 1.82 bits per heavy atom. The molecule has 3 aromatic rings. The van der Waals surface area contributed by atoms with Crippen LogP contribution in [0, 0.1) is 0 Å². The minimum absolute atomic E-state index is 0.0346. The molecule has 0 atom stereocenters. The first-order valence-electron chi connectivity index (χ1n) is 11.5. The van der Waals surface area contributed by atoms with Gasteiger partial charge in [-0.15, -0.1) is 11.3 Å². The molecule has 1 amide bonds. The molecule has 1 aliphatic heterocycles. The fraction of sp³-hybridized carbons (Fsp3) is 0.522. The molecule has 0 aliphatic carbocycles. The van der Waals surface area contributed by atoms with Gasteiger partial charge in [-0.1, -0.05) is 0 Å². The van der Waals surface area contributed by atoms with E-state index in [1.165, 1.54) is 11.3 Å². The van der Waals surface area contributed by atoms with Crippen LogP contribution in [0.15, 0.2) is 24.8 Å². The number of ether oxygens (including phenoxy) is 1. The summed E-state index contributed by atoms with van der Waals surface area (Å²) in [4.78, 5) is 36.1. The molecule has 182 valence electrons. The third kappa shape index (κ3) is 5.78. The highest BCUT2D eigenvalue weighted by atomic mass is 32.1.